The molecule has 0 fully saturated rings. The minimum atomic E-state index is -3.55. The Kier molecular flexibility index (Phi) is 9.73. The second-order valence-electron chi connectivity index (χ2n) is 7.63. The molecule has 204 valence electrons. The lowest BCUT2D eigenvalue weighted by molar-refractivity contribution is -0.384. The van der Waals surface area contributed by atoms with Crippen molar-refractivity contribution >= 4 is 25.7 Å². The van der Waals surface area contributed by atoms with E-state index in [1.165, 1.54) is 62.6 Å². The molecule has 2 N–H and O–H groups in total. The van der Waals surface area contributed by atoms with Gasteiger partial charge in [-0.3, -0.25) is 10.1 Å². The number of nitro groups is 1. The van der Waals surface area contributed by atoms with Crippen LogP contribution in [0.25, 0.3) is 0 Å². The molecule has 0 aliphatic carbocycles. The Morgan fingerprint density at radius 2 is 1.00 bits per heavy atom. The van der Waals surface area contributed by atoms with E-state index in [9.17, 15) is 26.9 Å². The molecule has 4 rings (SSSR count). The SMILES string of the molecule is CNS(=O)(=O)c1cccc(Oc2ccc([N+](=O)[O-])cc2)c1.CNS(=O)(=O)c1cccc(Oc2ccccc2)c1. The number of para-hydroxylation sites is 1. The van der Waals surface area contributed by atoms with Gasteiger partial charge in [0.15, 0.2) is 0 Å². The summed E-state index contributed by atoms with van der Waals surface area (Å²) >= 11 is 0. The fourth-order valence-corrected chi connectivity index (χ4v) is 4.57. The van der Waals surface area contributed by atoms with Crippen molar-refractivity contribution < 1.29 is 31.2 Å². The van der Waals surface area contributed by atoms with Gasteiger partial charge >= 0.3 is 0 Å². The van der Waals surface area contributed by atoms with Gasteiger partial charge in [0.05, 0.1) is 14.7 Å². The summed E-state index contributed by atoms with van der Waals surface area (Å²) < 4.78 is 62.2. The van der Waals surface area contributed by atoms with Crippen molar-refractivity contribution in [2.75, 3.05) is 14.1 Å². The molecular formula is C26H25N3O8S2. The number of ether oxygens (including phenoxy) is 2. The molecule has 0 saturated carbocycles. The Morgan fingerprint density at radius 3 is 1.41 bits per heavy atom. The number of rotatable bonds is 9. The third-order valence-corrected chi connectivity index (χ3v) is 7.86. The summed E-state index contributed by atoms with van der Waals surface area (Å²) in [6.45, 7) is 0. The highest BCUT2D eigenvalue weighted by Crippen LogP contribution is 2.26. The predicted octanol–water partition coefficient (Wildman–Crippen LogP) is 4.68. The summed E-state index contributed by atoms with van der Waals surface area (Å²) in [5.41, 5.74) is -0.0474. The third kappa shape index (κ3) is 8.35. The average Bonchev–Trinajstić information content (AvgIpc) is 2.94. The van der Waals surface area contributed by atoms with Crippen LogP contribution in [0.15, 0.2) is 113 Å². The van der Waals surface area contributed by atoms with Crippen LogP contribution in [0, 0.1) is 10.1 Å². The number of hydrogen-bond acceptors (Lipinski definition) is 8. The van der Waals surface area contributed by atoms with E-state index in [0.717, 1.165) is 0 Å². The van der Waals surface area contributed by atoms with Crippen molar-refractivity contribution in [3.63, 3.8) is 0 Å². The Balaban J connectivity index is 0.000000218. The maximum absolute atomic E-state index is 11.7. The topological polar surface area (TPSA) is 154 Å². The zero-order valence-corrected chi connectivity index (χ0v) is 22.5. The number of nitrogens with zero attached hydrogens (tertiary/aromatic N) is 1. The van der Waals surface area contributed by atoms with Crippen LogP contribution >= 0.6 is 0 Å². The normalized spacial score (nSPS) is 11.1. The minimum absolute atomic E-state index is 0.0474. The molecule has 39 heavy (non-hydrogen) atoms. The van der Waals surface area contributed by atoms with Gasteiger partial charge in [-0.05, 0) is 62.6 Å². The Bertz CT molecular complexity index is 1630. The summed E-state index contributed by atoms with van der Waals surface area (Å²) in [7, 11) is -4.30. The Labute approximate surface area is 226 Å². The number of non-ortho nitro benzene ring substituents is 1. The van der Waals surface area contributed by atoms with Crippen LogP contribution in [0.4, 0.5) is 5.69 Å². The van der Waals surface area contributed by atoms with Gasteiger partial charge in [-0.1, -0.05) is 30.3 Å². The van der Waals surface area contributed by atoms with Gasteiger partial charge in [0.1, 0.15) is 23.0 Å². The lowest BCUT2D eigenvalue weighted by Crippen LogP contribution is -2.18. The first-order valence-corrected chi connectivity index (χ1v) is 14.2. The molecule has 0 unspecified atom stereocenters. The Hall–Kier alpha value is -4.30. The van der Waals surface area contributed by atoms with Crippen LogP contribution in [0.1, 0.15) is 0 Å². The van der Waals surface area contributed by atoms with E-state index in [1.54, 1.807) is 36.4 Å². The molecule has 0 saturated heterocycles. The quantitative estimate of drug-likeness (QED) is 0.217. The van der Waals surface area contributed by atoms with Crippen molar-refractivity contribution in [3.05, 3.63) is 113 Å². The van der Waals surface area contributed by atoms with Gasteiger partial charge in [-0.25, -0.2) is 26.3 Å². The number of nitro benzene ring substituents is 1. The van der Waals surface area contributed by atoms with Gasteiger partial charge < -0.3 is 9.47 Å². The van der Waals surface area contributed by atoms with E-state index >= 15 is 0 Å². The largest absolute Gasteiger partial charge is 0.457 e. The highest BCUT2D eigenvalue weighted by atomic mass is 32.2. The maximum Gasteiger partial charge on any atom is 0.269 e. The molecular weight excluding hydrogens is 546 g/mol. The molecule has 0 radical (unpaired) electrons. The number of sulfonamides is 2. The first kappa shape index (κ1) is 29.3. The zero-order valence-electron chi connectivity index (χ0n) is 20.8. The van der Waals surface area contributed by atoms with Gasteiger partial charge in [0.2, 0.25) is 20.0 Å². The van der Waals surface area contributed by atoms with Crippen LogP contribution < -0.4 is 18.9 Å². The standard InChI is InChI=1S/C13H12N2O5S.C13H13NO3S/c1-14-21(18,19)13-4-2-3-12(9-13)20-11-7-5-10(6-8-11)15(16)17;1-14-18(15,16)13-9-5-8-12(10-13)17-11-6-3-2-4-7-11/h2-9,14H,1H3;2-10,14H,1H3. The first-order chi connectivity index (χ1) is 18.5. The number of benzene rings is 4. The fraction of sp³-hybridized carbons (Fsp3) is 0.0769. The molecule has 0 heterocycles. The molecule has 0 aromatic heterocycles. The summed E-state index contributed by atoms with van der Waals surface area (Å²) in [5.74, 6) is 1.84. The van der Waals surface area contributed by atoms with Gasteiger partial charge in [-0.15, -0.1) is 0 Å². The number of nitrogens with one attached hydrogen (secondary N) is 2. The van der Waals surface area contributed by atoms with Crippen molar-refractivity contribution in [2.45, 2.75) is 9.79 Å². The molecule has 0 amide bonds. The molecule has 0 aliphatic rings. The average molecular weight is 572 g/mol. The highest BCUT2D eigenvalue weighted by Gasteiger charge is 2.13. The van der Waals surface area contributed by atoms with E-state index in [1.807, 2.05) is 18.2 Å². The minimum Gasteiger partial charge on any atom is -0.457 e. The Morgan fingerprint density at radius 1 is 0.590 bits per heavy atom. The van der Waals surface area contributed by atoms with Gasteiger partial charge in [0, 0.05) is 24.3 Å². The van der Waals surface area contributed by atoms with E-state index in [0.29, 0.717) is 23.0 Å². The van der Waals surface area contributed by atoms with Gasteiger partial charge in [-0.2, -0.15) is 0 Å². The van der Waals surface area contributed by atoms with Crippen LogP contribution in [-0.2, 0) is 20.0 Å². The second kappa shape index (κ2) is 13.0. The molecule has 0 bridgehead atoms. The van der Waals surface area contributed by atoms with E-state index in [4.69, 9.17) is 9.47 Å². The monoisotopic (exact) mass is 571 g/mol. The molecule has 11 nitrogen and oxygen atoms in total. The molecule has 0 aliphatic heterocycles. The zero-order chi connectivity index (χ0) is 28.5. The van der Waals surface area contributed by atoms with Crippen molar-refractivity contribution in [2.24, 2.45) is 0 Å². The number of hydrogen-bond donors (Lipinski definition) is 2. The summed E-state index contributed by atoms with van der Waals surface area (Å²) in [4.78, 5) is 10.3. The lowest BCUT2D eigenvalue weighted by atomic mass is 10.3. The summed E-state index contributed by atoms with van der Waals surface area (Å²) in [6.07, 6.45) is 0. The van der Waals surface area contributed by atoms with Crippen LogP contribution in [0.2, 0.25) is 0 Å². The van der Waals surface area contributed by atoms with Gasteiger partial charge in [0.25, 0.3) is 5.69 Å². The smallest absolute Gasteiger partial charge is 0.269 e. The molecule has 4 aromatic carbocycles. The maximum atomic E-state index is 11.7. The van der Waals surface area contributed by atoms with E-state index in [-0.39, 0.29) is 15.5 Å². The summed E-state index contributed by atoms with van der Waals surface area (Å²) in [5, 5.41) is 10.5. The van der Waals surface area contributed by atoms with Crippen molar-refractivity contribution in [1.29, 1.82) is 0 Å². The van der Waals surface area contributed by atoms with Crippen LogP contribution in [-0.4, -0.2) is 35.9 Å². The third-order valence-electron chi connectivity index (χ3n) is 5.03. The highest BCUT2D eigenvalue weighted by molar-refractivity contribution is 7.89. The fourth-order valence-electron chi connectivity index (χ4n) is 3.04. The molecule has 13 heteroatoms. The molecule has 4 aromatic rings. The van der Waals surface area contributed by atoms with Crippen LogP contribution in [0.3, 0.4) is 0 Å². The first-order valence-electron chi connectivity index (χ1n) is 11.3. The van der Waals surface area contributed by atoms with Crippen molar-refractivity contribution in [3.8, 4) is 23.0 Å². The summed E-state index contributed by atoms with van der Waals surface area (Å²) in [6, 6.07) is 27.0. The lowest BCUT2D eigenvalue weighted by Gasteiger charge is -2.07. The predicted molar refractivity (Wildman–Crippen MR) is 145 cm³/mol. The van der Waals surface area contributed by atoms with E-state index < -0.39 is 25.0 Å². The van der Waals surface area contributed by atoms with E-state index in [2.05, 4.69) is 9.44 Å². The van der Waals surface area contributed by atoms with Crippen LogP contribution in [0.5, 0.6) is 23.0 Å². The molecule has 0 spiro atoms. The second-order valence-corrected chi connectivity index (χ2v) is 11.4. The van der Waals surface area contributed by atoms with Crippen molar-refractivity contribution in [1.82, 2.24) is 9.44 Å². The molecule has 0 atom stereocenters.